The zero-order chi connectivity index (χ0) is 19.9. The van der Waals surface area contributed by atoms with Crippen LogP contribution in [0.5, 0.6) is 5.75 Å². The van der Waals surface area contributed by atoms with Crippen molar-refractivity contribution in [1.29, 1.82) is 0 Å². The van der Waals surface area contributed by atoms with E-state index in [-0.39, 0.29) is 5.91 Å². The molecule has 0 fully saturated rings. The molecule has 1 N–H and O–H groups in total. The molecular weight excluding hydrogens is 602 g/mol. The predicted octanol–water partition coefficient (Wildman–Crippen LogP) is 5.89. The van der Waals surface area contributed by atoms with Crippen molar-refractivity contribution in [2.45, 2.75) is 6.61 Å². The largest absolute Gasteiger partial charge is 0.487 e. The molecule has 4 nitrogen and oxygen atoms in total. The number of ether oxygens (including phenoxy) is 1. The lowest BCUT2D eigenvalue weighted by molar-refractivity contribution is 0.0955. The molecule has 0 bridgehead atoms. The van der Waals surface area contributed by atoms with Crippen LogP contribution in [-0.4, -0.2) is 12.1 Å². The van der Waals surface area contributed by atoms with Gasteiger partial charge >= 0.3 is 0 Å². The second-order valence-corrected chi connectivity index (χ2v) is 8.50. The van der Waals surface area contributed by atoms with E-state index in [0.29, 0.717) is 17.2 Å². The summed E-state index contributed by atoms with van der Waals surface area (Å²) in [6, 6.07) is 20.8. The molecule has 28 heavy (non-hydrogen) atoms. The summed E-state index contributed by atoms with van der Waals surface area (Å²) >= 11 is 10.5. The number of carbonyl (C=O) groups excluding carboxylic acids is 1. The van der Waals surface area contributed by atoms with E-state index in [4.69, 9.17) is 16.3 Å². The molecule has 0 aliphatic rings. The van der Waals surface area contributed by atoms with E-state index in [1.165, 1.54) is 0 Å². The lowest BCUT2D eigenvalue weighted by atomic mass is 10.2. The Bertz CT molecular complexity index is 987. The molecular formula is C21H15ClI2N2O2. The van der Waals surface area contributed by atoms with Crippen LogP contribution in [0.25, 0.3) is 0 Å². The molecule has 3 aromatic carbocycles. The predicted molar refractivity (Wildman–Crippen MR) is 129 cm³/mol. The Hall–Kier alpha value is -1.65. The fourth-order valence-electron chi connectivity index (χ4n) is 2.39. The zero-order valence-corrected chi connectivity index (χ0v) is 19.6. The summed E-state index contributed by atoms with van der Waals surface area (Å²) < 4.78 is 7.92. The molecule has 0 saturated heterocycles. The normalized spacial score (nSPS) is 10.8. The van der Waals surface area contributed by atoms with Gasteiger partial charge in [0.2, 0.25) is 0 Å². The summed E-state index contributed by atoms with van der Waals surface area (Å²) in [5.74, 6) is 0.483. The van der Waals surface area contributed by atoms with Crippen LogP contribution < -0.4 is 10.2 Å². The van der Waals surface area contributed by atoms with Crippen LogP contribution in [0.15, 0.2) is 71.8 Å². The number of nitrogens with zero attached hydrogens (tertiary/aromatic N) is 1. The van der Waals surface area contributed by atoms with Crippen LogP contribution in [0.4, 0.5) is 0 Å². The lowest BCUT2D eigenvalue weighted by Gasteiger charge is -2.11. The van der Waals surface area contributed by atoms with Crippen LogP contribution in [0, 0.1) is 7.14 Å². The van der Waals surface area contributed by atoms with Crippen molar-refractivity contribution in [3.05, 3.63) is 95.6 Å². The van der Waals surface area contributed by atoms with Crippen molar-refractivity contribution in [1.82, 2.24) is 5.43 Å². The Labute approximate surface area is 195 Å². The first-order chi connectivity index (χ1) is 13.5. The highest BCUT2D eigenvalue weighted by molar-refractivity contribution is 14.1. The average Bonchev–Trinajstić information content (AvgIpc) is 2.68. The third kappa shape index (κ3) is 5.68. The first-order valence-electron chi connectivity index (χ1n) is 8.28. The number of carbonyl (C=O) groups is 1. The monoisotopic (exact) mass is 616 g/mol. The highest BCUT2D eigenvalue weighted by Crippen LogP contribution is 2.29. The molecule has 142 valence electrons. The first-order valence-corrected chi connectivity index (χ1v) is 10.8. The van der Waals surface area contributed by atoms with E-state index in [1.807, 2.05) is 42.5 Å². The SMILES string of the molecule is O=C(N/N=C\c1cc(I)c(OCc2ccccc2)c(I)c1)c1ccccc1Cl. The Balaban J connectivity index is 1.66. The van der Waals surface area contributed by atoms with Gasteiger partial charge in [-0.3, -0.25) is 4.79 Å². The molecule has 3 rings (SSSR count). The number of hydrogen-bond acceptors (Lipinski definition) is 3. The zero-order valence-electron chi connectivity index (χ0n) is 14.5. The van der Waals surface area contributed by atoms with Gasteiger partial charge in [0.15, 0.2) is 0 Å². The second-order valence-electron chi connectivity index (χ2n) is 5.77. The van der Waals surface area contributed by atoms with Crippen molar-refractivity contribution in [2.24, 2.45) is 5.10 Å². The Kier molecular flexibility index (Phi) is 7.69. The summed E-state index contributed by atoms with van der Waals surface area (Å²) in [5.41, 5.74) is 4.86. The second kappa shape index (κ2) is 10.2. The molecule has 0 radical (unpaired) electrons. The van der Waals surface area contributed by atoms with Gasteiger partial charge in [0.25, 0.3) is 5.91 Å². The third-order valence-corrected chi connectivity index (χ3v) is 5.68. The fourth-order valence-corrected chi connectivity index (χ4v) is 4.74. The standard InChI is InChI=1S/C21H15ClI2N2O2/c22-17-9-5-4-8-16(17)21(27)26-25-12-15-10-18(23)20(19(24)11-15)28-13-14-6-2-1-3-7-14/h1-12H,13H2,(H,26,27)/b25-12-. The van der Waals surface area contributed by atoms with E-state index < -0.39 is 0 Å². The van der Waals surface area contributed by atoms with Gasteiger partial charge in [0.05, 0.1) is 23.9 Å². The average molecular weight is 617 g/mol. The van der Waals surface area contributed by atoms with Gasteiger partial charge in [-0.15, -0.1) is 0 Å². The van der Waals surface area contributed by atoms with Crippen molar-refractivity contribution >= 4 is 68.9 Å². The molecule has 0 aliphatic carbocycles. The van der Waals surface area contributed by atoms with Crippen LogP contribution in [0.2, 0.25) is 5.02 Å². The maximum absolute atomic E-state index is 12.1. The topological polar surface area (TPSA) is 50.7 Å². The van der Waals surface area contributed by atoms with Crippen LogP contribution >= 0.6 is 56.8 Å². The number of amides is 1. The fraction of sp³-hybridized carbons (Fsp3) is 0.0476. The molecule has 0 heterocycles. The highest BCUT2D eigenvalue weighted by atomic mass is 127. The van der Waals surface area contributed by atoms with Gasteiger partial charge in [0.1, 0.15) is 12.4 Å². The van der Waals surface area contributed by atoms with Crippen LogP contribution in [0.3, 0.4) is 0 Å². The number of benzene rings is 3. The third-order valence-electron chi connectivity index (χ3n) is 3.74. The van der Waals surface area contributed by atoms with Crippen LogP contribution in [0.1, 0.15) is 21.5 Å². The van der Waals surface area contributed by atoms with Crippen molar-refractivity contribution in [2.75, 3.05) is 0 Å². The lowest BCUT2D eigenvalue weighted by Crippen LogP contribution is -2.18. The smallest absolute Gasteiger partial charge is 0.272 e. The number of nitrogens with one attached hydrogen (secondary N) is 1. The Morgan fingerprint density at radius 1 is 1.04 bits per heavy atom. The Morgan fingerprint density at radius 2 is 1.68 bits per heavy atom. The van der Waals surface area contributed by atoms with Crippen LogP contribution in [-0.2, 0) is 6.61 Å². The summed E-state index contributed by atoms with van der Waals surface area (Å²) in [6.45, 7) is 0.508. The summed E-state index contributed by atoms with van der Waals surface area (Å²) in [6.07, 6.45) is 1.60. The molecule has 0 aromatic heterocycles. The number of halogens is 3. The van der Waals surface area contributed by atoms with E-state index in [9.17, 15) is 4.79 Å². The van der Waals surface area contributed by atoms with E-state index >= 15 is 0 Å². The molecule has 0 atom stereocenters. The minimum absolute atomic E-state index is 0.353. The van der Waals surface area contributed by atoms with Gasteiger partial charge in [-0.1, -0.05) is 54.1 Å². The summed E-state index contributed by atoms with van der Waals surface area (Å²) in [7, 11) is 0. The van der Waals surface area contributed by atoms with Crippen molar-refractivity contribution < 1.29 is 9.53 Å². The van der Waals surface area contributed by atoms with Gasteiger partial charge in [-0.2, -0.15) is 5.10 Å². The quantitative estimate of drug-likeness (QED) is 0.213. The first kappa shape index (κ1) is 21.1. The van der Waals surface area contributed by atoms with Crippen molar-refractivity contribution in [3.8, 4) is 5.75 Å². The van der Waals surface area contributed by atoms with Gasteiger partial charge < -0.3 is 4.74 Å². The highest BCUT2D eigenvalue weighted by Gasteiger charge is 2.10. The number of rotatable bonds is 6. The molecule has 1 amide bonds. The van der Waals surface area contributed by atoms with Crippen molar-refractivity contribution in [3.63, 3.8) is 0 Å². The summed E-state index contributed by atoms with van der Waals surface area (Å²) in [4.78, 5) is 12.1. The molecule has 7 heteroatoms. The van der Waals surface area contributed by atoms with E-state index in [0.717, 1.165) is 24.0 Å². The molecule has 0 unspecified atom stereocenters. The van der Waals surface area contributed by atoms with E-state index in [2.05, 4.69) is 55.7 Å². The summed E-state index contributed by atoms with van der Waals surface area (Å²) in [5, 5.41) is 4.42. The van der Waals surface area contributed by atoms with Gasteiger partial charge in [-0.25, -0.2) is 5.43 Å². The maximum atomic E-state index is 12.1. The molecule has 3 aromatic rings. The molecule has 0 aliphatic heterocycles. The minimum atomic E-state index is -0.353. The maximum Gasteiger partial charge on any atom is 0.272 e. The molecule has 0 spiro atoms. The number of hydrogen-bond donors (Lipinski definition) is 1. The Morgan fingerprint density at radius 3 is 2.36 bits per heavy atom. The van der Waals surface area contributed by atoms with Gasteiger partial charge in [0, 0.05) is 0 Å². The molecule has 0 saturated carbocycles. The minimum Gasteiger partial charge on any atom is -0.487 e. The number of hydrazone groups is 1. The van der Waals surface area contributed by atoms with E-state index in [1.54, 1.807) is 30.5 Å². The van der Waals surface area contributed by atoms with Gasteiger partial charge in [-0.05, 0) is 80.6 Å².